The molecule has 1 aliphatic rings. The number of nitrogens with two attached hydrogens (primary N) is 1. The van der Waals surface area contributed by atoms with Gasteiger partial charge in [-0.05, 0) is 48.9 Å². The van der Waals surface area contributed by atoms with Crippen LogP contribution in [0.15, 0.2) is 29.2 Å². The third kappa shape index (κ3) is 3.96. The summed E-state index contributed by atoms with van der Waals surface area (Å²) in [4.78, 5) is 25.6. The van der Waals surface area contributed by atoms with Gasteiger partial charge in [-0.2, -0.15) is 0 Å². The molecule has 0 saturated carbocycles. The molecule has 1 aromatic heterocycles. The van der Waals surface area contributed by atoms with Crippen molar-refractivity contribution in [2.45, 2.75) is 37.0 Å². The van der Waals surface area contributed by atoms with E-state index in [4.69, 9.17) is 5.73 Å². The van der Waals surface area contributed by atoms with Gasteiger partial charge in [-0.1, -0.05) is 12.1 Å². The number of carbonyl (C=O) groups is 2. The van der Waals surface area contributed by atoms with E-state index in [1.54, 1.807) is 12.1 Å². The number of hydrogen-bond acceptors (Lipinski definition) is 5. The molecule has 0 spiro atoms. The molecule has 138 valence electrons. The van der Waals surface area contributed by atoms with Crippen LogP contribution in [-0.2, 0) is 33.9 Å². The van der Waals surface area contributed by atoms with Gasteiger partial charge in [-0.25, -0.2) is 8.42 Å². The predicted octanol–water partition coefficient (Wildman–Crippen LogP) is 2.31. The molecule has 0 saturated heterocycles. The lowest BCUT2D eigenvalue weighted by Gasteiger charge is -2.11. The highest BCUT2D eigenvalue weighted by atomic mass is 32.2. The van der Waals surface area contributed by atoms with Crippen LogP contribution in [0.5, 0.6) is 0 Å². The molecule has 26 heavy (non-hydrogen) atoms. The Labute approximate surface area is 156 Å². The summed E-state index contributed by atoms with van der Waals surface area (Å²) in [6, 6.07) is 6.20. The van der Waals surface area contributed by atoms with Gasteiger partial charge < -0.3 is 11.1 Å². The molecule has 1 heterocycles. The molecular weight excluding hydrogens is 372 g/mol. The summed E-state index contributed by atoms with van der Waals surface area (Å²) in [5.41, 5.74) is 7.63. The Bertz CT molecular complexity index is 960. The highest BCUT2D eigenvalue weighted by Gasteiger charge is 2.24. The van der Waals surface area contributed by atoms with E-state index in [9.17, 15) is 18.0 Å². The lowest BCUT2D eigenvalue weighted by molar-refractivity contribution is -0.115. The maximum Gasteiger partial charge on any atom is 0.251 e. The summed E-state index contributed by atoms with van der Waals surface area (Å²) >= 11 is 1.42. The van der Waals surface area contributed by atoms with E-state index < -0.39 is 15.7 Å². The van der Waals surface area contributed by atoms with Crippen molar-refractivity contribution in [1.29, 1.82) is 0 Å². The number of carbonyl (C=O) groups excluding carboxylic acids is 2. The van der Waals surface area contributed by atoms with Gasteiger partial charge in [0, 0.05) is 11.1 Å². The Morgan fingerprint density at radius 3 is 2.42 bits per heavy atom. The monoisotopic (exact) mass is 392 g/mol. The molecule has 0 aliphatic heterocycles. The van der Waals surface area contributed by atoms with Crippen LogP contribution < -0.4 is 11.1 Å². The number of amides is 2. The summed E-state index contributed by atoms with van der Waals surface area (Å²) in [5, 5.41) is 3.32. The molecule has 2 aromatic rings. The number of sulfone groups is 1. The Kier molecular flexibility index (Phi) is 5.15. The maximum atomic E-state index is 12.4. The number of benzene rings is 1. The largest absolute Gasteiger partial charge is 0.365 e. The molecule has 3 N–H and O–H groups in total. The smallest absolute Gasteiger partial charge is 0.251 e. The Hall–Kier alpha value is -2.19. The van der Waals surface area contributed by atoms with Crippen LogP contribution in [0.3, 0.4) is 0 Å². The molecule has 1 aliphatic carbocycles. The van der Waals surface area contributed by atoms with Crippen LogP contribution in [0.25, 0.3) is 0 Å². The number of fused-ring (bicyclic) bond motifs is 1. The molecule has 6 nitrogen and oxygen atoms in total. The third-order valence-corrected chi connectivity index (χ3v) is 6.72. The summed E-state index contributed by atoms with van der Waals surface area (Å²) in [6.45, 7) is 0. The summed E-state index contributed by atoms with van der Waals surface area (Å²) < 4.78 is 23.0. The second-order valence-corrected chi connectivity index (χ2v) is 9.54. The molecule has 0 bridgehead atoms. The first-order valence-electron chi connectivity index (χ1n) is 8.29. The molecule has 8 heteroatoms. The summed E-state index contributed by atoms with van der Waals surface area (Å²) in [5.74, 6) is -0.782. The second kappa shape index (κ2) is 7.20. The van der Waals surface area contributed by atoms with Gasteiger partial charge in [0.05, 0.1) is 16.9 Å². The van der Waals surface area contributed by atoms with Crippen molar-refractivity contribution in [1.82, 2.24) is 0 Å². The highest BCUT2D eigenvalue weighted by Crippen LogP contribution is 2.37. The normalized spacial score (nSPS) is 13.9. The van der Waals surface area contributed by atoms with Crippen molar-refractivity contribution in [3.8, 4) is 0 Å². The minimum atomic E-state index is -3.26. The number of anilines is 1. The SMILES string of the molecule is CS(=O)(=O)c1ccc(CC(=O)Nc2sc3c(c2C(N)=O)CCCC3)cc1. The standard InChI is InChI=1S/C18H20N2O4S2/c1-26(23,24)12-8-6-11(7-9-12)10-15(21)20-18-16(17(19)22)13-4-2-3-5-14(13)25-18/h6-9H,2-5,10H2,1H3,(H2,19,22)(H,20,21). The van der Waals surface area contributed by atoms with Gasteiger partial charge in [-0.15, -0.1) is 11.3 Å². The number of primary amides is 1. The van der Waals surface area contributed by atoms with Crippen molar-refractivity contribution in [3.05, 3.63) is 45.8 Å². The van der Waals surface area contributed by atoms with Crippen LogP contribution in [0.4, 0.5) is 5.00 Å². The van der Waals surface area contributed by atoms with Gasteiger partial charge in [0.1, 0.15) is 5.00 Å². The Morgan fingerprint density at radius 1 is 1.15 bits per heavy atom. The van der Waals surface area contributed by atoms with Crippen LogP contribution in [0.1, 0.15) is 39.2 Å². The quantitative estimate of drug-likeness (QED) is 0.814. The zero-order chi connectivity index (χ0) is 18.9. The van der Waals surface area contributed by atoms with Crippen LogP contribution >= 0.6 is 11.3 Å². The van der Waals surface area contributed by atoms with Crippen LogP contribution in [0.2, 0.25) is 0 Å². The highest BCUT2D eigenvalue weighted by molar-refractivity contribution is 7.90. The van der Waals surface area contributed by atoms with E-state index in [0.29, 0.717) is 16.1 Å². The Balaban J connectivity index is 1.76. The molecule has 0 fully saturated rings. The van der Waals surface area contributed by atoms with Gasteiger partial charge in [-0.3, -0.25) is 9.59 Å². The van der Waals surface area contributed by atoms with E-state index in [1.807, 2.05) is 0 Å². The second-order valence-electron chi connectivity index (χ2n) is 6.42. The number of aryl methyl sites for hydroxylation is 1. The summed E-state index contributed by atoms with van der Waals surface area (Å²) in [7, 11) is -3.26. The van der Waals surface area contributed by atoms with E-state index in [1.165, 1.54) is 23.5 Å². The van der Waals surface area contributed by atoms with E-state index in [-0.39, 0.29) is 17.2 Å². The molecule has 0 unspecified atom stereocenters. The van der Waals surface area contributed by atoms with E-state index >= 15 is 0 Å². The molecule has 3 rings (SSSR count). The zero-order valence-electron chi connectivity index (χ0n) is 14.4. The fraction of sp³-hybridized carbons (Fsp3) is 0.333. The van der Waals surface area contributed by atoms with Crippen molar-refractivity contribution in [3.63, 3.8) is 0 Å². The molecule has 0 radical (unpaired) electrons. The van der Waals surface area contributed by atoms with Gasteiger partial charge in [0.2, 0.25) is 5.91 Å². The maximum absolute atomic E-state index is 12.4. The number of nitrogens with one attached hydrogen (secondary N) is 1. The van der Waals surface area contributed by atoms with Crippen LogP contribution in [-0.4, -0.2) is 26.5 Å². The summed E-state index contributed by atoms with van der Waals surface area (Å²) in [6.07, 6.45) is 5.04. The topological polar surface area (TPSA) is 106 Å². The third-order valence-electron chi connectivity index (χ3n) is 4.39. The average molecular weight is 393 g/mol. The van der Waals surface area contributed by atoms with E-state index in [2.05, 4.69) is 5.32 Å². The fourth-order valence-electron chi connectivity index (χ4n) is 3.13. The van der Waals surface area contributed by atoms with Gasteiger partial charge in [0.15, 0.2) is 9.84 Å². The van der Waals surface area contributed by atoms with Crippen molar-refractivity contribution in [2.75, 3.05) is 11.6 Å². The van der Waals surface area contributed by atoms with Gasteiger partial charge in [0.25, 0.3) is 5.91 Å². The molecule has 2 amide bonds. The Morgan fingerprint density at radius 2 is 1.81 bits per heavy atom. The average Bonchev–Trinajstić information content (AvgIpc) is 2.92. The van der Waals surface area contributed by atoms with Gasteiger partial charge >= 0.3 is 0 Å². The minimum Gasteiger partial charge on any atom is -0.365 e. The predicted molar refractivity (Wildman–Crippen MR) is 101 cm³/mol. The van der Waals surface area contributed by atoms with E-state index in [0.717, 1.165) is 42.4 Å². The molecule has 1 aromatic carbocycles. The van der Waals surface area contributed by atoms with Crippen molar-refractivity contribution in [2.24, 2.45) is 5.73 Å². The lowest BCUT2D eigenvalue weighted by Crippen LogP contribution is -2.19. The molecular formula is C18H20N2O4S2. The first kappa shape index (κ1) is 18.6. The zero-order valence-corrected chi connectivity index (χ0v) is 16.0. The molecule has 0 atom stereocenters. The number of thiophene rings is 1. The fourth-order valence-corrected chi connectivity index (χ4v) is 5.07. The lowest BCUT2D eigenvalue weighted by atomic mass is 9.95. The number of rotatable bonds is 5. The number of hydrogen-bond donors (Lipinski definition) is 2. The first-order valence-corrected chi connectivity index (χ1v) is 11.0. The first-order chi connectivity index (χ1) is 12.3. The van der Waals surface area contributed by atoms with Crippen LogP contribution in [0, 0.1) is 0 Å². The minimum absolute atomic E-state index is 0.0881. The van der Waals surface area contributed by atoms with Crippen molar-refractivity contribution >= 4 is 38.0 Å². The van der Waals surface area contributed by atoms with Crippen molar-refractivity contribution < 1.29 is 18.0 Å².